The standard InChI is InChI=1S/C10H16O4.3C2H6/c1-4-10(2,3)9(12)14-7-5-6-13-8(7)11;3*1-2/h7H,4-6H2,1-3H3;3*1-2H3. The summed E-state index contributed by atoms with van der Waals surface area (Å²) in [7, 11) is 0. The molecular formula is C16H34O4. The van der Waals surface area contributed by atoms with Gasteiger partial charge in [0.05, 0.1) is 12.0 Å². The molecular weight excluding hydrogens is 256 g/mol. The van der Waals surface area contributed by atoms with Crippen LogP contribution in [0.4, 0.5) is 0 Å². The minimum absolute atomic E-state index is 0.330. The second-order valence-corrected chi connectivity index (χ2v) is 4.09. The van der Waals surface area contributed by atoms with Crippen LogP contribution >= 0.6 is 0 Å². The fraction of sp³-hybridized carbons (Fsp3) is 0.875. The summed E-state index contributed by atoms with van der Waals surface area (Å²) in [6, 6.07) is 0. The van der Waals surface area contributed by atoms with E-state index in [0.29, 0.717) is 19.4 Å². The van der Waals surface area contributed by atoms with Crippen LogP contribution in [0.3, 0.4) is 0 Å². The fourth-order valence-electron chi connectivity index (χ4n) is 1.02. The highest BCUT2D eigenvalue weighted by Gasteiger charge is 2.35. The molecule has 0 aliphatic carbocycles. The minimum Gasteiger partial charge on any atom is -0.463 e. The van der Waals surface area contributed by atoms with Crippen LogP contribution in [-0.4, -0.2) is 24.6 Å². The van der Waals surface area contributed by atoms with E-state index in [9.17, 15) is 9.59 Å². The maximum absolute atomic E-state index is 11.6. The molecule has 1 unspecified atom stereocenters. The summed E-state index contributed by atoms with van der Waals surface area (Å²) >= 11 is 0. The van der Waals surface area contributed by atoms with Gasteiger partial charge in [0.25, 0.3) is 0 Å². The Labute approximate surface area is 125 Å². The van der Waals surface area contributed by atoms with Crippen molar-refractivity contribution in [2.45, 2.75) is 81.3 Å². The maximum atomic E-state index is 11.6. The van der Waals surface area contributed by atoms with E-state index in [0.717, 1.165) is 0 Å². The van der Waals surface area contributed by atoms with Crippen molar-refractivity contribution in [3.8, 4) is 0 Å². The Balaban J connectivity index is -0.000000425. The molecule has 20 heavy (non-hydrogen) atoms. The van der Waals surface area contributed by atoms with Crippen molar-refractivity contribution in [3.63, 3.8) is 0 Å². The van der Waals surface area contributed by atoms with Gasteiger partial charge in [-0.25, -0.2) is 4.79 Å². The van der Waals surface area contributed by atoms with Crippen molar-refractivity contribution in [2.75, 3.05) is 6.61 Å². The van der Waals surface area contributed by atoms with E-state index in [1.54, 1.807) is 13.8 Å². The molecule has 0 saturated carbocycles. The van der Waals surface area contributed by atoms with E-state index in [-0.39, 0.29) is 5.97 Å². The molecule has 1 saturated heterocycles. The highest BCUT2D eigenvalue weighted by molar-refractivity contribution is 5.82. The molecule has 1 fully saturated rings. The number of rotatable bonds is 3. The number of carbonyl (C=O) groups is 2. The van der Waals surface area contributed by atoms with E-state index < -0.39 is 17.5 Å². The van der Waals surface area contributed by atoms with Crippen LogP contribution in [0.25, 0.3) is 0 Å². The van der Waals surface area contributed by atoms with Gasteiger partial charge in [0, 0.05) is 6.42 Å². The number of cyclic esters (lactones) is 1. The summed E-state index contributed by atoms with van der Waals surface area (Å²) in [6.07, 6.45) is 0.478. The van der Waals surface area contributed by atoms with Gasteiger partial charge in [0.15, 0.2) is 0 Å². The van der Waals surface area contributed by atoms with Gasteiger partial charge in [0.2, 0.25) is 6.10 Å². The largest absolute Gasteiger partial charge is 0.463 e. The van der Waals surface area contributed by atoms with Crippen LogP contribution in [0.1, 0.15) is 75.2 Å². The number of hydrogen-bond acceptors (Lipinski definition) is 4. The third-order valence-electron chi connectivity index (χ3n) is 2.57. The molecule has 0 radical (unpaired) electrons. The van der Waals surface area contributed by atoms with Crippen LogP contribution in [0.5, 0.6) is 0 Å². The predicted molar refractivity (Wildman–Crippen MR) is 83.6 cm³/mol. The monoisotopic (exact) mass is 290 g/mol. The van der Waals surface area contributed by atoms with Gasteiger partial charge in [-0.2, -0.15) is 0 Å². The van der Waals surface area contributed by atoms with Gasteiger partial charge in [-0.15, -0.1) is 0 Å². The predicted octanol–water partition coefficient (Wildman–Crippen LogP) is 4.36. The summed E-state index contributed by atoms with van der Waals surface area (Å²) in [5.74, 6) is -0.755. The number of ether oxygens (including phenoxy) is 2. The zero-order chi connectivity index (χ0) is 16.8. The molecule has 0 spiro atoms. The molecule has 1 heterocycles. The first-order valence-electron chi connectivity index (χ1n) is 7.85. The number of hydrogen-bond donors (Lipinski definition) is 0. The van der Waals surface area contributed by atoms with Gasteiger partial charge in [0.1, 0.15) is 0 Å². The summed E-state index contributed by atoms with van der Waals surface area (Å²) in [5.41, 5.74) is -0.525. The van der Waals surface area contributed by atoms with Crippen LogP contribution < -0.4 is 0 Å². The molecule has 0 N–H and O–H groups in total. The lowest BCUT2D eigenvalue weighted by molar-refractivity contribution is -0.167. The van der Waals surface area contributed by atoms with E-state index in [2.05, 4.69) is 0 Å². The minimum atomic E-state index is -0.687. The number of carbonyl (C=O) groups excluding carboxylic acids is 2. The van der Waals surface area contributed by atoms with Gasteiger partial charge in [-0.3, -0.25) is 4.79 Å². The lowest BCUT2D eigenvalue weighted by atomic mass is 9.90. The van der Waals surface area contributed by atoms with Crippen LogP contribution in [0, 0.1) is 5.41 Å². The first-order chi connectivity index (χ1) is 9.47. The van der Waals surface area contributed by atoms with Gasteiger partial charge in [-0.1, -0.05) is 48.5 Å². The van der Waals surface area contributed by atoms with Crippen LogP contribution in [0.15, 0.2) is 0 Å². The zero-order valence-corrected chi connectivity index (χ0v) is 14.8. The molecule has 1 rings (SSSR count). The summed E-state index contributed by atoms with van der Waals surface area (Å²) in [6.45, 7) is 17.9. The average Bonchev–Trinajstić information content (AvgIpc) is 2.90. The van der Waals surface area contributed by atoms with E-state index >= 15 is 0 Å². The van der Waals surface area contributed by atoms with Crippen molar-refractivity contribution in [3.05, 3.63) is 0 Å². The molecule has 0 aromatic rings. The third-order valence-corrected chi connectivity index (χ3v) is 2.57. The van der Waals surface area contributed by atoms with Crippen molar-refractivity contribution < 1.29 is 19.1 Å². The lowest BCUT2D eigenvalue weighted by Gasteiger charge is -2.21. The topological polar surface area (TPSA) is 52.6 Å². The molecule has 122 valence electrons. The Morgan fingerprint density at radius 2 is 1.65 bits per heavy atom. The first kappa shape index (κ1) is 24.0. The van der Waals surface area contributed by atoms with Crippen LogP contribution in [0.2, 0.25) is 0 Å². The highest BCUT2D eigenvalue weighted by atomic mass is 16.6. The third kappa shape index (κ3) is 8.94. The van der Waals surface area contributed by atoms with Crippen molar-refractivity contribution >= 4 is 11.9 Å². The smallest absolute Gasteiger partial charge is 0.347 e. The van der Waals surface area contributed by atoms with Gasteiger partial charge in [-0.05, 0) is 20.3 Å². The average molecular weight is 290 g/mol. The molecule has 4 heteroatoms. The van der Waals surface area contributed by atoms with E-state index in [1.165, 1.54) is 0 Å². The Hall–Kier alpha value is -1.06. The Morgan fingerprint density at radius 1 is 1.20 bits per heavy atom. The summed E-state index contributed by atoms with van der Waals surface area (Å²) in [5, 5.41) is 0. The Morgan fingerprint density at radius 3 is 1.95 bits per heavy atom. The van der Waals surface area contributed by atoms with E-state index in [4.69, 9.17) is 9.47 Å². The summed E-state index contributed by atoms with van der Waals surface area (Å²) in [4.78, 5) is 22.6. The van der Waals surface area contributed by atoms with E-state index in [1.807, 2.05) is 48.5 Å². The Kier molecular flexibility index (Phi) is 17.2. The summed E-state index contributed by atoms with van der Waals surface area (Å²) < 4.78 is 9.76. The molecule has 1 aliphatic heterocycles. The molecule has 0 aromatic heterocycles. The number of esters is 2. The molecule has 4 nitrogen and oxygen atoms in total. The highest BCUT2D eigenvalue weighted by Crippen LogP contribution is 2.24. The molecule has 1 aliphatic rings. The first-order valence-corrected chi connectivity index (χ1v) is 7.85. The fourth-order valence-corrected chi connectivity index (χ4v) is 1.02. The molecule has 1 atom stereocenters. The SMILES string of the molecule is CC.CC.CC.CCC(C)(C)C(=O)OC1CCOC1=O. The van der Waals surface area contributed by atoms with Gasteiger partial charge >= 0.3 is 11.9 Å². The Bertz CT molecular complexity index is 247. The van der Waals surface area contributed by atoms with Crippen molar-refractivity contribution in [2.24, 2.45) is 5.41 Å². The molecule has 0 aromatic carbocycles. The lowest BCUT2D eigenvalue weighted by Crippen LogP contribution is -2.32. The second kappa shape index (κ2) is 14.4. The van der Waals surface area contributed by atoms with Gasteiger partial charge < -0.3 is 9.47 Å². The van der Waals surface area contributed by atoms with Crippen molar-refractivity contribution in [1.29, 1.82) is 0 Å². The molecule has 0 bridgehead atoms. The van der Waals surface area contributed by atoms with Crippen molar-refractivity contribution in [1.82, 2.24) is 0 Å². The zero-order valence-electron chi connectivity index (χ0n) is 14.8. The normalized spacial score (nSPS) is 16.2. The molecule has 0 amide bonds. The van der Waals surface area contributed by atoms with Crippen LogP contribution in [-0.2, 0) is 19.1 Å². The quantitative estimate of drug-likeness (QED) is 0.725. The maximum Gasteiger partial charge on any atom is 0.347 e. The second-order valence-electron chi connectivity index (χ2n) is 4.09.